The molecule has 1 aromatic rings. The molecule has 4 nitrogen and oxygen atoms in total. The highest BCUT2D eigenvalue weighted by Crippen LogP contribution is 2.34. The fraction of sp³-hybridized carbons (Fsp3) is 0.500. The van der Waals surface area contributed by atoms with Gasteiger partial charge in [0.05, 0.1) is 19.1 Å². The Bertz CT molecular complexity index is 423. The van der Waals surface area contributed by atoms with Crippen molar-refractivity contribution in [2.24, 2.45) is 0 Å². The van der Waals surface area contributed by atoms with Gasteiger partial charge in [0.1, 0.15) is 0 Å². The Hall–Kier alpha value is -1.04. The molecule has 2 unspecified atom stereocenters. The highest BCUT2D eigenvalue weighted by Gasteiger charge is 2.38. The summed E-state index contributed by atoms with van der Waals surface area (Å²) in [5.41, 5.74) is 1.01. The van der Waals surface area contributed by atoms with E-state index in [1.807, 2.05) is 37.3 Å². The van der Waals surface area contributed by atoms with Crippen LogP contribution in [0.2, 0.25) is 0 Å². The van der Waals surface area contributed by atoms with E-state index < -0.39 is 11.8 Å². The number of carboxylic acids is 1. The molecule has 19 heavy (non-hydrogen) atoms. The van der Waals surface area contributed by atoms with Crippen LogP contribution in [0.1, 0.15) is 18.9 Å². The van der Waals surface area contributed by atoms with E-state index in [2.05, 4.69) is 0 Å². The number of hydrogen-bond acceptors (Lipinski definition) is 4. The zero-order valence-corrected chi connectivity index (χ0v) is 11.7. The number of carbonyl (C=O) groups is 1. The molecule has 0 aromatic heterocycles. The molecular formula is C14H18O4S. The van der Waals surface area contributed by atoms with Crippen molar-refractivity contribution in [3.05, 3.63) is 35.9 Å². The zero-order chi connectivity index (χ0) is 13.7. The Morgan fingerprint density at radius 3 is 2.89 bits per heavy atom. The highest BCUT2D eigenvalue weighted by molar-refractivity contribution is 7.99. The first-order chi connectivity index (χ1) is 9.10. The summed E-state index contributed by atoms with van der Waals surface area (Å²) in [5, 5.41) is 8.57. The quantitative estimate of drug-likeness (QED) is 0.812. The predicted octanol–water partition coefficient (Wildman–Crippen LogP) is 2.48. The number of aliphatic carboxylic acids is 1. The molecule has 0 bridgehead atoms. The molecule has 1 fully saturated rings. The summed E-state index contributed by atoms with van der Waals surface area (Å²) in [6.45, 7) is 2.47. The van der Waals surface area contributed by atoms with Crippen molar-refractivity contribution < 1.29 is 19.4 Å². The molecule has 1 aliphatic heterocycles. The molecule has 0 spiro atoms. The van der Waals surface area contributed by atoms with Crippen LogP contribution in [0.15, 0.2) is 30.3 Å². The Labute approximate surface area is 117 Å². The van der Waals surface area contributed by atoms with Crippen LogP contribution in [-0.2, 0) is 20.1 Å². The minimum atomic E-state index is -0.759. The second-order valence-corrected chi connectivity index (χ2v) is 5.73. The molecule has 1 N–H and O–H groups in total. The summed E-state index contributed by atoms with van der Waals surface area (Å²) < 4.78 is 11.7. The van der Waals surface area contributed by atoms with Crippen molar-refractivity contribution in [2.45, 2.75) is 25.2 Å². The van der Waals surface area contributed by atoms with Crippen molar-refractivity contribution in [1.29, 1.82) is 0 Å². The molecule has 0 saturated carbocycles. The largest absolute Gasteiger partial charge is 0.481 e. The van der Waals surface area contributed by atoms with Gasteiger partial charge in [-0.2, -0.15) is 11.8 Å². The fourth-order valence-corrected chi connectivity index (χ4v) is 2.90. The smallest absolute Gasteiger partial charge is 0.304 e. The maximum absolute atomic E-state index is 10.4. The van der Waals surface area contributed by atoms with Crippen LogP contribution >= 0.6 is 11.8 Å². The van der Waals surface area contributed by atoms with Gasteiger partial charge in [0.2, 0.25) is 0 Å². The van der Waals surface area contributed by atoms with E-state index in [1.54, 1.807) is 11.8 Å². The Balaban J connectivity index is 1.81. The second kappa shape index (κ2) is 6.41. The van der Waals surface area contributed by atoms with Crippen LogP contribution in [0.4, 0.5) is 0 Å². The Morgan fingerprint density at radius 2 is 2.21 bits per heavy atom. The van der Waals surface area contributed by atoms with Crippen LogP contribution in [0, 0.1) is 0 Å². The lowest BCUT2D eigenvalue weighted by atomic mass is 10.1. The summed E-state index contributed by atoms with van der Waals surface area (Å²) >= 11 is 1.59. The topological polar surface area (TPSA) is 55.8 Å². The van der Waals surface area contributed by atoms with Gasteiger partial charge in [-0.1, -0.05) is 30.3 Å². The summed E-state index contributed by atoms with van der Waals surface area (Å²) in [6, 6.07) is 9.85. The maximum Gasteiger partial charge on any atom is 0.304 e. The molecule has 2 atom stereocenters. The van der Waals surface area contributed by atoms with Crippen LogP contribution in [0.5, 0.6) is 0 Å². The van der Waals surface area contributed by atoms with E-state index in [-0.39, 0.29) is 12.5 Å². The van der Waals surface area contributed by atoms with Crippen molar-refractivity contribution >= 4 is 17.7 Å². The lowest BCUT2D eigenvalue weighted by molar-refractivity contribution is -0.159. The number of rotatable bonds is 6. The maximum atomic E-state index is 10.4. The van der Waals surface area contributed by atoms with Crippen molar-refractivity contribution in [2.75, 3.05) is 18.1 Å². The third-order valence-electron chi connectivity index (χ3n) is 3.00. The van der Waals surface area contributed by atoms with Gasteiger partial charge >= 0.3 is 5.97 Å². The summed E-state index contributed by atoms with van der Waals surface area (Å²) in [4.78, 5) is 10.4. The van der Waals surface area contributed by atoms with Gasteiger partial charge < -0.3 is 14.6 Å². The van der Waals surface area contributed by atoms with Gasteiger partial charge in [-0.25, -0.2) is 0 Å². The lowest BCUT2D eigenvalue weighted by Gasteiger charge is -2.23. The predicted molar refractivity (Wildman–Crippen MR) is 74.2 cm³/mol. The molecule has 2 rings (SSSR count). The lowest BCUT2D eigenvalue weighted by Crippen LogP contribution is -2.24. The standard InChI is InChI=1S/C14H18O4S/c1-14(11-5-3-2-4-6-11)17-9-12(18-14)10-19-8-7-13(15)16/h2-6,12H,7-10H2,1H3,(H,15,16). The molecule has 104 valence electrons. The molecule has 1 heterocycles. The normalized spacial score (nSPS) is 26.5. The molecule has 0 aliphatic carbocycles. The minimum Gasteiger partial charge on any atom is -0.481 e. The van der Waals surface area contributed by atoms with Crippen molar-refractivity contribution in [3.63, 3.8) is 0 Å². The molecule has 0 amide bonds. The van der Waals surface area contributed by atoms with Gasteiger partial charge in [-0.05, 0) is 6.92 Å². The van der Waals surface area contributed by atoms with Crippen LogP contribution in [-0.4, -0.2) is 35.3 Å². The zero-order valence-electron chi connectivity index (χ0n) is 10.9. The van der Waals surface area contributed by atoms with E-state index in [0.717, 1.165) is 11.3 Å². The van der Waals surface area contributed by atoms with Gasteiger partial charge in [-0.3, -0.25) is 4.79 Å². The number of thioether (sulfide) groups is 1. The van der Waals surface area contributed by atoms with Crippen molar-refractivity contribution in [1.82, 2.24) is 0 Å². The van der Waals surface area contributed by atoms with Gasteiger partial charge in [0.25, 0.3) is 0 Å². The van der Waals surface area contributed by atoms with E-state index in [4.69, 9.17) is 14.6 Å². The first kappa shape index (κ1) is 14.4. The van der Waals surface area contributed by atoms with E-state index in [0.29, 0.717) is 12.4 Å². The van der Waals surface area contributed by atoms with Crippen molar-refractivity contribution in [3.8, 4) is 0 Å². The Morgan fingerprint density at radius 1 is 1.47 bits per heavy atom. The number of ether oxygens (including phenoxy) is 2. The number of benzene rings is 1. The summed E-state index contributed by atoms with van der Waals surface area (Å²) in [7, 11) is 0. The first-order valence-electron chi connectivity index (χ1n) is 6.27. The van der Waals surface area contributed by atoms with E-state index in [1.165, 1.54) is 0 Å². The number of hydrogen-bond donors (Lipinski definition) is 1. The molecule has 0 radical (unpaired) electrons. The molecule has 1 aliphatic rings. The van der Waals surface area contributed by atoms with Crippen LogP contribution in [0.3, 0.4) is 0 Å². The van der Waals surface area contributed by atoms with Gasteiger partial charge in [0.15, 0.2) is 5.79 Å². The summed E-state index contributed by atoms with van der Waals surface area (Å²) in [6.07, 6.45) is 0.206. The third kappa shape index (κ3) is 3.96. The Kier molecular flexibility index (Phi) is 4.85. The van der Waals surface area contributed by atoms with E-state index >= 15 is 0 Å². The van der Waals surface area contributed by atoms with Crippen LogP contribution < -0.4 is 0 Å². The molecular weight excluding hydrogens is 264 g/mol. The average molecular weight is 282 g/mol. The molecule has 1 saturated heterocycles. The monoisotopic (exact) mass is 282 g/mol. The highest BCUT2D eigenvalue weighted by atomic mass is 32.2. The molecule has 5 heteroatoms. The van der Waals surface area contributed by atoms with Crippen LogP contribution in [0.25, 0.3) is 0 Å². The minimum absolute atomic E-state index is 0.0176. The van der Waals surface area contributed by atoms with Gasteiger partial charge in [-0.15, -0.1) is 0 Å². The SMILES string of the molecule is CC1(c2ccccc2)OCC(CSCCC(=O)O)O1. The third-order valence-corrected chi connectivity index (χ3v) is 4.10. The second-order valence-electron chi connectivity index (χ2n) is 4.58. The average Bonchev–Trinajstić information content (AvgIpc) is 2.79. The first-order valence-corrected chi connectivity index (χ1v) is 7.42. The molecule has 1 aromatic carbocycles. The fourth-order valence-electron chi connectivity index (χ4n) is 1.99. The van der Waals surface area contributed by atoms with E-state index in [9.17, 15) is 4.79 Å². The van der Waals surface area contributed by atoms with Gasteiger partial charge in [0, 0.05) is 17.1 Å². The number of carboxylic acid groups (broad SMARTS) is 1. The summed E-state index contributed by atoms with van der Waals surface area (Å²) in [5.74, 6) is -0.0723.